The number of rotatable bonds is 20. The van der Waals surface area contributed by atoms with Crippen molar-refractivity contribution in [1.29, 1.82) is 0 Å². The highest BCUT2D eigenvalue weighted by atomic mass is 28.4. The molecular formula is C23H36O9Si. The zero-order chi connectivity index (χ0) is 25.2. The van der Waals surface area contributed by atoms with Gasteiger partial charge in [0.2, 0.25) is 0 Å². The van der Waals surface area contributed by atoms with Crippen LogP contribution in [-0.4, -0.2) is 66.4 Å². The molecule has 0 fully saturated rings. The average molecular weight is 485 g/mol. The van der Waals surface area contributed by atoms with Gasteiger partial charge in [0.15, 0.2) is 0 Å². The van der Waals surface area contributed by atoms with Crippen LogP contribution in [0.25, 0.3) is 0 Å². The van der Waals surface area contributed by atoms with Gasteiger partial charge in [-0.1, -0.05) is 26.3 Å². The van der Waals surface area contributed by atoms with Crippen LogP contribution in [0.4, 0.5) is 0 Å². The van der Waals surface area contributed by atoms with Gasteiger partial charge in [0.1, 0.15) is 0 Å². The fourth-order valence-electron chi connectivity index (χ4n) is 3.08. The Labute approximate surface area is 197 Å². The highest BCUT2D eigenvalue weighted by molar-refractivity contribution is 6.66. The second-order valence-electron chi connectivity index (χ2n) is 6.93. The van der Waals surface area contributed by atoms with Gasteiger partial charge in [-0.25, -0.2) is 14.4 Å². The summed E-state index contributed by atoms with van der Waals surface area (Å²) in [5.41, 5.74) is 0.711. The smallest absolute Gasteiger partial charge is 0.463 e. The Hall–Kier alpha value is -2.53. The third-order valence-corrected chi connectivity index (χ3v) is 7.10. The molecule has 0 bridgehead atoms. The van der Waals surface area contributed by atoms with Gasteiger partial charge < -0.3 is 27.5 Å². The highest BCUT2D eigenvalue weighted by Crippen LogP contribution is 2.34. The van der Waals surface area contributed by atoms with Crippen molar-refractivity contribution in [2.75, 3.05) is 34.0 Å². The molecule has 0 radical (unpaired) electrons. The third-order valence-electron chi connectivity index (χ3n) is 4.74. The van der Waals surface area contributed by atoms with Crippen molar-refractivity contribution in [1.82, 2.24) is 0 Å². The molecule has 0 aromatic rings. The largest absolute Gasteiger partial charge is 0.528 e. The maximum absolute atomic E-state index is 11.4. The van der Waals surface area contributed by atoms with E-state index >= 15 is 0 Å². The molecule has 0 atom stereocenters. The minimum absolute atomic E-state index is 0.162. The van der Waals surface area contributed by atoms with Gasteiger partial charge in [0, 0.05) is 32.4 Å². The van der Waals surface area contributed by atoms with Crippen molar-refractivity contribution in [3.63, 3.8) is 0 Å². The third kappa shape index (κ3) is 12.3. The van der Waals surface area contributed by atoms with Gasteiger partial charge >= 0.3 is 26.7 Å². The molecular weight excluding hydrogens is 448 g/mol. The minimum atomic E-state index is -3.23. The molecule has 0 aromatic heterocycles. The lowest BCUT2D eigenvalue weighted by atomic mass is 9.88. The normalized spacial score (nSPS) is 11.2. The maximum Gasteiger partial charge on any atom is 0.528 e. The molecule has 9 nitrogen and oxygen atoms in total. The molecule has 0 spiro atoms. The summed E-state index contributed by atoms with van der Waals surface area (Å²) in [7, 11) is -0.272. The van der Waals surface area contributed by atoms with E-state index < -0.39 is 32.3 Å². The predicted molar refractivity (Wildman–Crippen MR) is 125 cm³/mol. The molecule has 0 unspecified atom stereocenters. The Bertz CT molecular complexity index is 602. The van der Waals surface area contributed by atoms with Gasteiger partial charge in [-0.15, -0.1) is 0 Å². The SMILES string of the molecule is C=CC(=O)OCCCC(CCCOC(=O)C=C)(CCCOC(=O)C=C)O[Si](C=C)(OC)OC. The fraction of sp³-hybridized carbons (Fsp3) is 0.522. The van der Waals surface area contributed by atoms with Crippen molar-refractivity contribution >= 4 is 26.7 Å². The second-order valence-corrected chi connectivity index (χ2v) is 9.56. The van der Waals surface area contributed by atoms with E-state index in [1.54, 1.807) is 0 Å². The highest BCUT2D eigenvalue weighted by Gasteiger charge is 2.45. The first-order valence-corrected chi connectivity index (χ1v) is 12.4. The summed E-state index contributed by atoms with van der Waals surface area (Å²) >= 11 is 0. The van der Waals surface area contributed by atoms with E-state index in [4.69, 9.17) is 27.5 Å². The summed E-state index contributed by atoms with van der Waals surface area (Å²) in [6.45, 7) is 14.4. The van der Waals surface area contributed by atoms with Crippen LogP contribution in [0.3, 0.4) is 0 Å². The number of ether oxygens (including phenoxy) is 3. The molecule has 0 aromatic carbocycles. The van der Waals surface area contributed by atoms with Crippen molar-refractivity contribution < 1.29 is 41.9 Å². The first-order chi connectivity index (χ1) is 15.8. The van der Waals surface area contributed by atoms with Gasteiger partial charge in [0.25, 0.3) is 0 Å². The molecule has 0 aliphatic carbocycles. The van der Waals surface area contributed by atoms with E-state index in [1.165, 1.54) is 19.9 Å². The zero-order valence-electron chi connectivity index (χ0n) is 19.7. The Kier molecular flexibility index (Phi) is 15.7. The maximum atomic E-state index is 11.4. The molecule has 0 rings (SSSR count). The lowest BCUT2D eigenvalue weighted by molar-refractivity contribution is -0.138. The molecule has 0 heterocycles. The summed E-state index contributed by atoms with van der Waals surface area (Å²) in [6.07, 6.45) is 6.13. The van der Waals surface area contributed by atoms with Crippen LogP contribution in [0.2, 0.25) is 0 Å². The first kappa shape index (κ1) is 30.5. The monoisotopic (exact) mass is 484 g/mol. The molecule has 10 heteroatoms. The molecule has 0 N–H and O–H groups in total. The molecule has 186 valence electrons. The van der Waals surface area contributed by atoms with E-state index in [1.807, 2.05) is 0 Å². The van der Waals surface area contributed by atoms with Crippen LogP contribution < -0.4 is 0 Å². The molecule has 0 saturated carbocycles. The second kappa shape index (κ2) is 17.0. The molecule has 0 amide bonds. The summed E-state index contributed by atoms with van der Waals surface area (Å²) in [5, 5.41) is 0. The van der Waals surface area contributed by atoms with Crippen molar-refractivity contribution in [2.24, 2.45) is 0 Å². The minimum Gasteiger partial charge on any atom is -0.463 e. The van der Waals surface area contributed by atoms with E-state index in [0.29, 0.717) is 38.5 Å². The number of carbonyl (C=O) groups is 3. The van der Waals surface area contributed by atoms with Crippen molar-refractivity contribution in [3.8, 4) is 0 Å². The fourth-order valence-corrected chi connectivity index (χ4v) is 4.74. The molecule has 33 heavy (non-hydrogen) atoms. The molecule has 0 aliphatic heterocycles. The van der Waals surface area contributed by atoms with Crippen molar-refractivity contribution in [3.05, 3.63) is 50.2 Å². The van der Waals surface area contributed by atoms with E-state index in [2.05, 4.69) is 26.3 Å². The number of esters is 3. The average Bonchev–Trinajstić information content (AvgIpc) is 2.85. The van der Waals surface area contributed by atoms with Crippen molar-refractivity contribution in [2.45, 2.75) is 44.1 Å². The Morgan fingerprint density at radius 3 is 1.27 bits per heavy atom. The topological polar surface area (TPSA) is 107 Å². The van der Waals surface area contributed by atoms with Crippen LogP contribution in [0, 0.1) is 0 Å². The summed E-state index contributed by atoms with van der Waals surface area (Å²) < 4.78 is 32.9. The van der Waals surface area contributed by atoms with Gasteiger partial charge in [-0.2, -0.15) is 0 Å². The van der Waals surface area contributed by atoms with Crippen LogP contribution in [0.5, 0.6) is 0 Å². The predicted octanol–water partition coefficient (Wildman–Crippen LogP) is 3.23. The summed E-state index contributed by atoms with van der Waals surface area (Å²) in [5.74, 6) is -1.55. The standard InChI is InChI=1S/C23H36O9Si/c1-7-20(24)29-17-11-14-23(15-12-18-30-21(25)8-2,16-13-19-31-22(26)9-3)32-33(10-4,27-5)28-6/h7-10H,1-4,11-19H2,5-6H3. The summed E-state index contributed by atoms with van der Waals surface area (Å²) in [6, 6.07) is 0. The quantitative estimate of drug-likeness (QED) is 0.0846. The zero-order valence-corrected chi connectivity index (χ0v) is 20.7. The first-order valence-electron chi connectivity index (χ1n) is 10.6. The number of hydrogen-bond donors (Lipinski definition) is 0. The van der Waals surface area contributed by atoms with E-state index in [-0.39, 0.29) is 19.8 Å². The lowest BCUT2D eigenvalue weighted by Crippen LogP contribution is -2.51. The molecule has 0 aliphatic rings. The number of carbonyl (C=O) groups excluding carboxylic acids is 3. The lowest BCUT2D eigenvalue weighted by Gasteiger charge is -2.40. The van der Waals surface area contributed by atoms with Crippen LogP contribution >= 0.6 is 0 Å². The van der Waals surface area contributed by atoms with Crippen LogP contribution in [0.1, 0.15) is 38.5 Å². The Balaban J connectivity index is 5.57. The summed E-state index contributed by atoms with van der Waals surface area (Å²) in [4.78, 5) is 34.1. The van der Waals surface area contributed by atoms with Gasteiger partial charge in [-0.3, -0.25) is 0 Å². The van der Waals surface area contributed by atoms with Crippen LogP contribution in [0.15, 0.2) is 50.2 Å². The van der Waals surface area contributed by atoms with Gasteiger partial charge in [0.05, 0.1) is 25.4 Å². The number of hydrogen-bond acceptors (Lipinski definition) is 9. The molecule has 0 saturated heterocycles. The Morgan fingerprint density at radius 2 is 1.03 bits per heavy atom. The van der Waals surface area contributed by atoms with E-state index in [9.17, 15) is 14.4 Å². The van der Waals surface area contributed by atoms with Gasteiger partial charge in [-0.05, 0) is 44.2 Å². The van der Waals surface area contributed by atoms with Crippen LogP contribution in [-0.2, 0) is 41.9 Å². The Morgan fingerprint density at radius 1 is 0.697 bits per heavy atom. The van der Waals surface area contributed by atoms with E-state index in [0.717, 1.165) is 18.2 Å².